The van der Waals surface area contributed by atoms with Crippen LogP contribution in [0.1, 0.15) is 5.56 Å². The van der Waals surface area contributed by atoms with E-state index in [9.17, 15) is 0 Å². The van der Waals surface area contributed by atoms with Crippen LogP contribution in [-0.2, 0) is 13.2 Å². The molecular weight excluding hydrogens is 440 g/mol. The molecule has 0 aliphatic heterocycles. The molecule has 0 amide bonds. The minimum Gasteiger partial charge on any atom is -0.495 e. The lowest BCUT2D eigenvalue weighted by Crippen LogP contribution is -2.22. The Balaban J connectivity index is 1.68. The fourth-order valence-corrected chi connectivity index (χ4v) is 4.53. The molecule has 2 heterocycles. The molecule has 5 nitrogen and oxygen atoms in total. The second kappa shape index (κ2) is 8.41. The lowest BCUT2D eigenvalue weighted by atomic mass is 10.3. The van der Waals surface area contributed by atoms with Crippen LogP contribution in [0.3, 0.4) is 0 Å². The maximum atomic E-state index is 5.45. The number of methoxy groups -OCH3 is 1. The summed E-state index contributed by atoms with van der Waals surface area (Å²) in [4.78, 5) is 2.18. The number of hydrogen-bond acceptors (Lipinski definition) is 7. The lowest BCUT2D eigenvalue weighted by Gasteiger charge is -2.15. The van der Waals surface area contributed by atoms with Crippen molar-refractivity contribution in [2.45, 2.75) is 13.2 Å². The van der Waals surface area contributed by atoms with Gasteiger partial charge in [0.25, 0.3) is 0 Å². The molecular formula is C16H17BrN4OS3. The molecule has 1 N–H and O–H groups in total. The molecule has 0 fully saturated rings. The molecule has 1 aromatic carbocycles. The van der Waals surface area contributed by atoms with E-state index in [2.05, 4.69) is 49.7 Å². The number of nitrogens with one attached hydrogen (secondary N) is 1. The number of nitrogens with zero attached hydrogens (tertiary/aromatic N) is 3. The van der Waals surface area contributed by atoms with E-state index in [1.54, 1.807) is 18.4 Å². The number of rotatable bonds is 7. The maximum Gasteiger partial charge on any atom is 0.209 e. The molecule has 0 atom stereocenters. The molecule has 132 valence electrons. The van der Waals surface area contributed by atoms with Gasteiger partial charge in [0.15, 0.2) is 3.95 Å². The second-order valence-electron chi connectivity index (χ2n) is 5.41. The number of anilines is 2. The number of aromatic nitrogens is 2. The summed E-state index contributed by atoms with van der Waals surface area (Å²) in [5, 5.41) is 10.8. The standard InChI is InChI=1S/C16H17BrN4OS3/c1-20(8-11-7-14(17)24-9-11)10-21-16(23)25-15(19-21)18-12-5-3-4-6-13(12)22-2/h3-7,9H,8,10H2,1-2H3,(H,18,19). The quantitative estimate of drug-likeness (QED) is 0.485. The van der Waals surface area contributed by atoms with Crippen LogP contribution < -0.4 is 10.1 Å². The molecule has 0 aliphatic carbocycles. The van der Waals surface area contributed by atoms with Crippen LogP contribution in [0.4, 0.5) is 10.8 Å². The van der Waals surface area contributed by atoms with Crippen molar-refractivity contribution in [1.82, 2.24) is 14.7 Å². The number of hydrogen-bond donors (Lipinski definition) is 1. The van der Waals surface area contributed by atoms with Crippen molar-refractivity contribution in [3.63, 3.8) is 0 Å². The van der Waals surface area contributed by atoms with E-state index in [1.165, 1.54) is 16.9 Å². The number of ether oxygens (including phenoxy) is 1. The van der Waals surface area contributed by atoms with Gasteiger partial charge in [-0.3, -0.25) is 4.90 Å². The minimum atomic E-state index is 0.635. The second-order valence-corrected chi connectivity index (χ2v) is 9.33. The van der Waals surface area contributed by atoms with Crippen molar-refractivity contribution in [3.8, 4) is 5.75 Å². The van der Waals surface area contributed by atoms with Crippen LogP contribution in [0, 0.1) is 3.95 Å². The topological polar surface area (TPSA) is 42.3 Å². The highest BCUT2D eigenvalue weighted by Crippen LogP contribution is 2.28. The predicted molar refractivity (Wildman–Crippen MR) is 111 cm³/mol. The summed E-state index contributed by atoms with van der Waals surface area (Å²) in [5.74, 6) is 0.773. The Bertz CT molecular complexity index is 905. The summed E-state index contributed by atoms with van der Waals surface area (Å²) in [6, 6.07) is 9.88. The van der Waals surface area contributed by atoms with Gasteiger partial charge < -0.3 is 10.1 Å². The molecule has 0 unspecified atom stereocenters. The summed E-state index contributed by atoms with van der Waals surface area (Å²) in [6.07, 6.45) is 0. The molecule has 0 bridgehead atoms. The average molecular weight is 457 g/mol. The van der Waals surface area contributed by atoms with E-state index >= 15 is 0 Å². The predicted octanol–water partition coefficient (Wildman–Crippen LogP) is 5.34. The van der Waals surface area contributed by atoms with Gasteiger partial charge in [-0.1, -0.05) is 23.5 Å². The fourth-order valence-electron chi connectivity index (χ4n) is 2.33. The molecule has 0 saturated carbocycles. The molecule has 0 saturated heterocycles. The van der Waals surface area contributed by atoms with Crippen molar-refractivity contribution in [1.29, 1.82) is 0 Å². The first-order valence-corrected chi connectivity index (χ1v) is 10.3. The third kappa shape index (κ3) is 4.89. The molecule has 0 spiro atoms. The normalized spacial score (nSPS) is 11.0. The highest BCUT2D eigenvalue weighted by Gasteiger charge is 2.10. The first-order valence-electron chi connectivity index (χ1n) is 7.44. The van der Waals surface area contributed by atoms with E-state index in [0.29, 0.717) is 6.67 Å². The van der Waals surface area contributed by atoms with Crippen LogP contribution in [0.5, 0.6) is 5.75 Å². The van der Waals surface area contributed by atoms with Gasteiger partial charge in [-0.2, -0.15) is 0 Å². The summed E-state index contributed by atoms with van der Waals surface area (Å²) in [7, 11) is 3.71. The highest BCUT2D eigenvalue weighted by atomic mass is 79.9. The minimum absolute atomic E-state index is 0.635. The van der Waals surface area contributed by atoms with E-state index in [4.69, 9.17) is 17.0 Å². The molecule has 0 aliphatic rings. The monoisotopic (exact) mass is 456 g/mol. The smallest absolute Gasteiger partial charge is 0.209 e. The van der Waals surface area contributed by atoms with Crippen LogP contribution in [0.25, 0.3) is 0 Å². The molecule has 2 aromatic heterocycles. The van der Waals surface area contributed by atoms with Gasteiger partial charge in [-0.25, -0.2) is 4.68 Å². The van der Waals surface area contributed by atoms with Crippen LogP contribution in [0.2, 0.25) is 0 Å². The molecule has 0 radical (unpaired) electrons. The van der Waals surface area contributed by atoms with Crippen molar-refractivity contribution >= 4 is 61.6 Å². The third-order valence-electron chi connectivity index (χ3n) is 3.40. The van der Waals surface area contributed by atoms with Crippen molar-refractivity contribution in [2.75, 3.05) is 19.5 Å². The number of thiophene rings is 1. The van der Waals surface area contributed by atoms with Crippen LogP contribution >= 0.6 is 50.8 Å². The van der Waals surface area contributed by atoms with E-state index in [-0.39, 0.29) is 0 Å². The summed E-state index contributed by atoms with van der Waals surface area (Å²) in [5.41, 5.74) is 2.14. The van der Waals surface area contributed by atoms with Crippen LogP contribution in [0.15, 0.2) is 39.5 Å². The average Bonchev–Trinajstić information content (AvgIpc) is 3.13. The highest BCUT2D eigenvalue weighted by molar-refractivity contribution is 9.11. The Kier molecular flexibility index (Phi) is 6.24. The van der Waals surface area contributed by atoms with Gasteiger partial charge in [0.05, 0.1) is 23.3 Å². The first-order chi connectivity index (χ1) is 12.0. The van der Waals surface area contributed by atoms with Gasteiger partial charge in [-0.15, -0.1) is 16.4 Å². The first kappa shape index (κ1) is 18.5. The zero-order valence-electron chi connectivity index (χ0n) is 13.7. The molecule has 25 heavy (non-hydrogen) atoms. The van der Waals surface area contributed by atoms with E-state index in [0.717, 1.165) is 30.9 Å². The Labute approximate surface area is 168 Å². The fraction of sp³-hybridized carbons (Fsp3) is 0.250. The van der Waals surface area contributed by atoms with Gasteiger partial charge in [0.1, 0.15) is 5.75 Å². The SMILES string of the molecule is COc1ccccc1Nc1nn(CN(C)Cc2csc(Br)c2)c(=S)s1. The Morgan fingerprint density at radius 1 is 1.40 bits per heavy atom. The van der Waals surface area contributed by atoms with Crippen molar-refractivity contribution < 1.29 is 4.74 Å². The van der Waals surface area contributed by atoms with Gasteiger partial charge in [-0.05, 0) is 64.3 Å². The number of halogens is 1. The summed E-state index contributed by atoms with van der Waals surface area (Å²) >= 11 is 12.1. The molecule has 3 aromatic rings. The van der Waals surface area contributed by atoms with E-state index in [1.807, 2.05) is 28.9 Å². The Hall–Kier alpha value is -1.26. The number of benzene rings is 1. The largest absolute Gasteiger partial charge is 0.495 e. The van der Waals surface area contributed by atoms with Crippen LogP contribution in [-0.4, -0.2) is 28.8 Å². The lowest BCUT2D eigenvalue weighted by molar-refractivity contribution is 0.246. The van der Waals surface area contributed by atoms with E-state index < -0.39 is 0 Å². The van der Waals surface area contributed by atoms with Crippen molar-refractivity contribution in [3.05, 3.63) is 49.0 Å². The number of para-hydroxylation sites is 2. The zero-order valence-corrected chi connectivity index (χ0v) is 17.8. The Morgan fingerprint density at radius 3 is 2.92 bits per heavy atom. The molecule has 3 rings (SSSR count). The third-order valence-corrected chi connectivity index (χ3v) is 6.18. The summed E-state index contributed by atoms with van der Waals surface area (Å²) in [6.45, 7) is 1.48. The maximum absolute atomic E-state index is 5.45. The molecule has 9 heteroatoms. The van der Waals surface area contributed by atoms with Gasteiger partial charge in [0.2, 0.25) is 5.13 Å². The zero-order chi connectivity index (χ0) is 17.8. The van der Waals surface area contributed by atoms with Gasteiger partial charge >= 0.3 is 0 Å². The Morgan fingerprint density at radius 2 is 2.20 bits per heavy atom. The van der Waals surface area contributed by atoms with Gasteiger partial charge in [0, 0.05) is 6.54 Å². The van der Waals surface area contributed by atoms with Crippen molar-refractivity contribution in [2.24, 2.45) is 0 Å². The summed E-state index contributed by atoms with van der Waals surface area (Å²) < 4.78 is 9.07.